The highest BCUT2D eigenvalue weighted by atomic mass is 16.5. The van der Waals surface area contributed by atoms with Crippen LogP contribution in [0.3, 0.4) is 0 Å². The second kappa shape index (κ2) is 10.2. The van der Waals surface area contributed by atoms with Crippen molar-refractivity contribution < 1.29 is 14.3 Å². The molecule has 0 radical (unpaired) electrons. The molecule has 1 heterocycles. The molecule has 0 aliphatic carbocycles. The number of carbonyl (C=O) groups excluding carboxylic acids is 1. The Morgan fingerprint density at radius 3 is 2.50 bits per heavy atom. The Morgan fingerprint density at radius 2 is 1.90 bits per heavy atom. The Morgan fingerprint density at radius 1 is 1.20 bits per heavy atom. The summed E-state index contributed by atoms with van der Waals surface area (Å²) in [5, 5.41) is 0. The fourth-order valence-electron chi connectivity index (χ4n) is 2.46. The van der Waals surface area contributed by atoms with Crippen molar-refractivity contribution >= 4 is 5.91 Å². The van der Waals surface area contributed by atoms with Crippen LogP contribution < -0.4 is 0 Å². The van der Waals surface area contributed by atoms with Gasteiger partial charge < -0.3 is 14.4 Å². The van der Waals surface area contributed by atoms with Crippen molar-refractivity contribution in [3.05, 3.63) is 0 Å². The van der Waals surface area contributed by atoms with Gasteiger partial charge in [0.15, 0.2) is 0 Å². The predicted octanol–water partition coefficient (Wildman–Crippen LogP) is 2.86. The lowest BCUT2D eigenvalue weighted by molar-refractivity contribution is -0.133. The minimum atomic E-state index is 0.261. The molecule has 4 nitrogen and oxygen atoms in total. The van der Waals surface area contributed by atoms with Gasteiger partial charge in [0.25, 0.3) is 0 Å². The van der Waals surface area contributed by atoms with E-state index in [4.69, 9.17) is 9.47 Å². The molecule has 0 saturated carbocycles. The van der Waals surface area contributed by atoms with E-state index in [1.807, 2.05) is 11.8 Å². The predicted molar refractivity (Wildman–Crippen MR) is 80.7 cm³/mol. The standard InChI is InChI=1S/C16H31NO3/c1-4-16(18)17-9-7-15(8-10-17)20-13-12-19-11-5-6-14(2)3/h14-15H,4-13H2,1-3H3. The van der Waals surface area contributed by atoms with E-state index in [0.29, 0.717) is 25.7 Å². The molecule has 1 rings (SSSR count). The number of ether oxygens (including phenoxy) is 2. The van der Waals surface area contributed by atoms with E-state index in [9.17, 15) is 4.79 Å². The van der Waals surface area contributed by atoms with E-state index in [-0.39, 0.29) is 5.91 Å². The Labute approximate surface area is 123 Å². The van der Waals surface area contributed by atoms with Crippen LogP contribution in [-0.2, 0) is 14.3 Å². The van der Waals surface area contributed by atoms with Gasteiger partial charge in [0, 0.05) is 26.1 Å². The molecule has 0 bridgehead atoms. The van der Waals surface area contributed by atoms with Gasteiger partial charge in [0.05, 0.1) is 19.3 Å². The van der Waals surface area contributed by atoms with Gasteiger partial charge >= 0.3 is 0 Å². The fraction of sp³-hybridized carbons (Fsp3) is 0.938. The van der Waals surface area contributed by atoms with Crippen LogP contribution in [0.1, 0.15) is 52.9 Å². The molecule has 0 unspecified atom stereocenters. The maximum Gasteiger partial charge on any atom is 0.222 e. The molecular weight excluding hydrogens is 254 g/mol. The molecule has 1 fully saturated rings. The molecule has 1 aliphatic heterocycles. The zero-order chi connectivity index (χ0) is 14.8. The van der Waals surface area contributed by atoms with Crippen molar-refractivity contribution in [2.24, 2.45) is 5.92 Å². The molecule has 1 aliphatic rings. The Kier molecular flexibility index (Phi) is 8.86. The lowest BCUT2D eigenvalue weighted by Crippen LogP contribution is -2.40. The minimum Gasteiger partial charge on any atom is -0.379 e. The molecule has 4 heteroatoms. The van der Waals surface area contributed by atoms with E-state index >= 15 is 0 Å². The van der Waals surface area contributed by atoms with Crippen LogP contribution in [0.25, 0.3) is 0 Å². The summed E-state index contributed by atoms with van der Waals surface area (Å²) in [6, 6.07) is 0. The molecule has 118 valence electrons. The number of carbonyl (C=O) groups is 1. The van der Waals surface area contributed by atoms with Gasteiger partial charge in [0.1, 0.15) is 0 Å². The Hall–Kier alpha value is -0.610. The molecule has 0 spiro atoms. The summed E-state index contributed by atoms with van der Waals surface area (Å²) in [6.07, 6.45) is 5.18. The molecular formula is C16H31NO3. The second-order valence-corrected chi connectivity index (χ2v) is 5.95. The molecule has 1 amide bonds. The Bertz CT molecular complexity index is 260. The summed E-state index contributed by atoms with van der Waals surface area (Å²) in [5.74, 6) is 1.02. The average Bonchev–Trinajstić information content (AvgIpc) is 2.45. The van der Waals surface area contributed by atoms with Gasteiger partial charge in [0.2, 0.25) is 5.91 Å². The van der Waals surface area contributed by atoms with E-state index in [0.717, 1.165) is 44.9 Å². The minimum absolute atomic E-state index is 0.261. The maximum atomic E-state index is 11.5. The Balaban J connectivity index is 1.95. The van der Waals surface area contributed by atoms with Crippen molar-refractivity contribution in [3.63, 3.8) is 0 Å². The third kappa shape index (κ3) is 7.25. The molecule has 0 N–H and O–H groups in total. The van der Waals surface area contributed by atoms with Crippen molar-refractivity contribution in [2.75, 3.05) is 32.9 Å². The van der Waals surface area contributed by atoms with E-state index < -0.39 is 0 Å². The van der Waals surface area contributed by atoms with Gasteiger partial charge in [-0.2, -0.15) is 0 Å². The van der Waals surface area contributed by atoms with Crippen molar-refractivity contribution in [3.8, 4) is 0 Å². The number of likely N-dealkylation sites (tertiary alicyclic amines) is 1. The van der Waals surface area contributed by atoms with Crippen LogP contribution in [0, 0.1) is 5.92 Å². The van der Waals surface area contributed by atoms with Crippen LogP contribution >= 0.6 is 0 Å². The summed E-state index contributed by atoms with van der Waals surface area (Å²) in [4.78, 5) is 13.5. The van der Waals surface area contributed by atoms with Crippen LogP contribution in [0.4, 0.5) is 0 Å². The quantitative estimate of drug-likeness (QED) is 0.611. The summed E-state index contributed by atoms with van der Waals surface area (Å²) in [7, 11) is 0. The normalized spacial score (nSPS) is 16.9. The highest BCUT2D eigenvalue weighted by Gasteiger charge is 2.21. The first-order valence-electron chi connectivity index (χ1n) is 8.10. The van der Waals surface area contributed by atoms with E-state index in [1.54, 1.807) is 0 Å². The van der Waals surface area contributed by atoms with Crippen LogP contribution in [0.15, 0.2) is 0 Å². The van der Waals surface area contributed by atoms with Gasteiger partial charge in [-0.25, -0.2) is 0 Å². The average molecular weight is 285 g/mol. The highest BCUT2D eigenvalue weighted by Crippen LogP contribution is 2.14. The molecule has 0 aromatic rings. The summed E-state index contributed by atoms with van der Waals surface area (Å²) < 4.78 is 11.4. The monoisotopic (exact) mass is 285 g/mol. The number of amides is 1. The second-order valence-electron chi connectivity index (χ2n) is 5.95. The van der Waals surface area contributed by atoms with Crippen LogP contribution in [-0.4, -0.2) is 49.8 Å². The van der Waals surface area contributed by atoms with Crippen LogP contribution in [0.5, 0.6) is 0 Å². The number of hydrogen-bond acceptors (Lipinski definition) is 3. The van der Waals surface area contributed by atoms with E-state index in [1.165, 1.54) is 6.42 Å². The molecule has 20 heavy (non-hydrogen) atoms. The summed E-state index contributed by atoms with van der Waals surface area (Å²) in [6.45, 7) is 10.3. The first kappa shape index (κ1) is 17.4. The third-order valence-corrected chi connectivity index (χ3v) is 3.75. The zero-order valence-electron chi connectivity index (χ0n) is 13.4. The fourth-order valence-corrected chi connectivity index (χ4v) is 2.46. The van der Waals surface area contributed by atoms with Crippen molar-refractivity contribution in [1.29, 1.82) is 0 Å². The van der Waals surface area contributed by atoms with Gasteiger partial charge in [-0.3, -0.25) is 4.79 Å². The topological polar surface area (TPSA) is 38.8 Å². The van der Waals surface area contributed by atoms with Gasteiger partial charge in [-0.05, 0) is 31.6 Å². The van der Waals surface area contributed by atoms with E-state index in [2.05, 4.69) is 13.8 Å². The summed E-state index contributed by atoms with van der Waals surface area (Å²) in [5.41, 5.74) is 0. The molecule has 0 atom stereocenters. The molecule has 0 aromatic carbocycles. The lowest BCUT2D eigenvalue weighted by Gasteiger charge is -2.31. The van der Waals surface area contributed by atoms with Crippen LogP contribution in [0.2, 0.25) is 0 Å². The maximum absolute atomic E-state index is 11.5. The number of hydrogen-bond donors (Lipinski definition) is 0. The number of nitrogens with zero attached hydrogens (tertiary/aromatic N) is 1. The first-order valence-corrected chi connectivity index (χ1v) is 8.10. The highest BCUT2D eigenvalue weighted by molar-refractivity contribution is 5.75. The SMILES string of the molecule is CCC(=O)N1CCC(OCCOCCCC(C)C)CC1. The number of piperidine rings is 1. The van der Waals surface area contributed by atoms with Crippen molar-refractivity contribution in [1.82, 2.24) is 4.90 Å². The molecule has 0 aromatic heterocycles. The third-order valence-electron chi connectivity index (χ3n) is 3.75. The van der Waals surface area contributed by atoms with Crippen molar-refractivity contribution in [2.45, 2.75) is 59.0 Å². The van der Waals surface area contributed by atoms with Gasteiger partial charge in [-0.15, -0.1) is 0 Å². The summed E-state index contributed by atoms with van der Waals surface area (Å²) >= 11 is 0. The first-order chi connectivity index (χ1) is 9.63. The molecule has 1 saturated heterocycles. The van der Waals surface area contributed by atoms with Gasteiger partial charge in [-0.1, -0.05) is 20.8 Å². The lowest BCUT2D eigenvalue weighted by atomic mass is 10.1. The number of rotatable bonds is 9. The smallest absolute Gasteiger partial charge is 0.222 e. The zero-order valence-corrected chi connectivity index (χ0v) is 13.4. The largest absolute Gasteiger partial charge is 0.379 e.